The SMILES string of the molecule is CCCCCCCCCCCCCC(=O)O[C@H](COC(=O)CCCCCCCCCC(C)C)COP(=O)(O)OC[C@H](O)COP(=O)(O)OC[C@@H](COC(=O)CCCCCCCCCCCCCCCCC(C)C)OC(=O)CCCCCCCCCCCCCCCCC(C)C. The summed E-state index contributed by atoms with van der Waals surface area (Å²) in [5, 5.41) is 10.6. The topological polar surface area (TPSA) is 237 Å². The molecule has 0 spiro atoms. The van der Waals surface area contributed by atoms with Crippen molar-refractivity contribution in [3.8, 4) is 0 Å². The molecule has 0 bridgehead atoms. The lowest BCUT2D eigenvalue weighted by molar-refractivity contribution is -0.161. The number of esters is 4. The van der Waals surface area contributed by atoms with E-state index in [1.54, 1.807) is 0 Å². The number of aliphatic hydroxyl groups is 1. The summed E-state index contributed by atoms with van der Waals surface area (Å²) < 4.78 is 68.5. The number of phosphoric acid groups is 2. The second-order valence-corrected chi connectivity index (χ2v) is 31.7. The Bertz CT molecular complexity index is 1850. The van der Waals surface area contributed by atoms with Crippen LogP contribution in [0.1, 0.15) is 389 Å². The molecule has 3 N–H and O–H groups in total. The van der Waals surface area contributed by atoms with Crippen LogP contribution >= 0.6 is 15.6 Å². The van der Waals surface area contributed by atoms with E-state index in [4.69, 9.17) is 37.0 Å². The number of aliphatic hydroxyl groups excluding tert-OH is 1. The molecular weight excluding hydrogens is 1250 g/mol. The van der Waals surface area contributed by atoms with Crippen LogP contribution in [0.4, 0.5) is 0 Å². The number of hydrogen-bond donors (Lipinski definition) is 3. The summed E-state index contributed by atoms with van der Waals surface area (Å²) in [6, 6.07) is 0. The van der Waals surface area contributed by atoms with Crippen LogP contribution in [-0.4, -0.2) is 96.7 Å². The molecule has 0 fully saturated rings. The van der Waals surface area contributed by atoms with Gasteiger partial charge in [-0.05, 0) is 43.4 Å². The molecule has 17 nitrogen and oxygen atoms in total. The first kappa shape index (κ1) is 93.1. The Morgan fingerprint density at radius 1 is 0.284 bits per heavy atom. The van der Waals surface area contributed by atoms with E-state index in [1.165, 1.54) is 193 Å². The molecule has 0 saturated heterocycles. The molecule has 0 aromatic heterocycles. The smallest absolute Gasteiger partial charge is 0.462 e. The Kier molecular flexibility index (Phi) is 65.2. The predicted octanol–water partition coefficient (Wildman–Crippen LogP) is 22.2. The summed E-state index contributed by atoms with van der Waals surface area (Å²) in [4.78, 5) is 72.8. The number of carbonyl (C=O) groups excluding carboxylic acids is 4. The van der Waals surface area contributed by atoms with Crippen LogP contribution < -0.4 is 0 Å². The van der Waals surface area contributed by atoms with Crippen LogP contribution in [0.25, 0.3) is 0 Å². The first-order valence-electron chi connectivity index (χ1n) is 39.3. The Hall–Kier alpha value is -1.94. The average Bonchev–Trinajstić information content (AvgIpc) is 3.73. The van der Waals surface area contributed by atoms with E-state index in [0.717, 1.165) is 108 Å². The minimum absolute atomic E-state index is 0.106. The molecule has 0 heterocycles. The van der Waals surface area contributed by atoms with Gasteiger partial charge in [0, 0.05) is 25.7 Å². The van der Waals surface area contributed by atoms with E-state index in [1.807, 2.05) is 0 Å². The van der Waals surface area contributed by atoms with Gasteiger partial charge in [0.15, 0.2) is 12.2 Å². The summed E-state index contributed by atoms with van der Waals surface area (Å²) in [7, 11) is -9.91. The van der Waals surface area contributed by atoms with Crippen molar-refractivity contribution in [2.75, 3.05) is 39.6 Å². The lowest BCUT2D eigenvalue weighted by Gasteiger charge is -2.21. The third kappa shape index (κ3) is 70.3. The summed E-state index contributed by atoms with van der Waals surface area (Å²) >= 11 is 0. The lowest BCUT2D eigenvalue weighted by atomic mass is 10.0. The number of hydrogen-bond acceptors (Lipinski definition) is 15. The second-order valence-electron chi connectivity index (χ2n) is 28.8. The molecule has 0 aromatic rings. The third-order valence-corrected chi connectivity index (χ3v) is 19.5. The molecule has 0 amide bonds. The highest BCUT2D eigenvalue weighted by molar-refractivity contribution is 7.47. The highest BCUT2D eigenvalue weighted by atomic mass is 31.2. The van der Waals surface area contributed by atoms with E-state index < -0.39 is 97.5 Å². The zero-order valence-electron chi connectivity index (χ0n) is 62.1. The van der Waals surface area contributed by atoms with Gasteiger partial charge in [-0.25, -0.2) is 9.13 Å². The van der Waals surface area contributed by atoms with Gasteiger partial charge in [-0.2, -0.15) is 0 Å². The van der Waals surface area contributed by atoms with Crippen LogP contribution in [0.3, 0.4) is 0 Å². The number of rotatable bonds is 74. The molecule has 564 valence electrons. The molecule has 5 atom stereocenters. The summed E-state index contributed by atoms with van der Waals surface area (Å²) in [6.45, 7) is 11.9. The number of phosphoric ester groups is 2. The first-order chi connectivity index (χ1) is 45.7. The average molecular weight is 1400 g/mol. The van der Waals surface area contributed by atoms with E-state index in [9.17, 15) is 43.2 Å². The normalized spacial score (nSPS) is 14.1. The van der Waals surface area contributed by atoms with E-state index in [-0.39, 0.29) is 25.7 Å². The van der Waals surface area contributed by atoms with Crippen molar-refractivity contribution in [1.29, 1.82) is 0 Å². The van der Waals surface area contributed by atoms with E-state index >= 15 is 0 Å². The zero-order chi connectivity index (χ0) is 70.1. The van der Waals surface area contributed by atoms with Gasteiger partial charge in [0.25, 0.3) is 0 Å². The summed E-state index contributed by atoms with van der Waals surface area (Å²) in [5.41, 5.74) is 0. The predicted molar refractivity (Wildman–Crippen MR) is 386 cm³/mol. The van der Waals surface area contributed by atoms with Crippen molar-refractivity contribution < 1.29 is 80.2 Å². The molecule has 0 aromatic carbocycles. The van der Waals surface area contributed by atoms with Crippen LogP contribution in [0.15, 0.2) is 0 Å². The van der Waals surface area contributed by atoms with Crippen LogP contribution in [-0.2, 0) is 65.4 Å². The van der Waals surface area contributed by atoms with Crippen LogP contribution in [0.2, 0.25) is 0 Å². The molecule has 0 radical (unpaired) electrons. The molecular formula is C76H148O17P2. The molecule has 0 aliphatic carbocycles. The molecule has 0 aliphatic heterocycles. The Labute approximate surface area is 581 Å². The van der Waals surface area contributed by atoms with Gasteiger partial charge in [-0.15, -0.1) is 0 Å². The Morgan fingerprint density at radius 3 is 0.716 bits per heavy atom. The molecule has 0 saturated carbocycles. The van der Waals surface area contributed by atoms with Gasteiger partial charge in [-0.1, -0.05) is 337 Å². The highest BCUT2D eigenvalue weighted by Crippen LogP contribution is 2.45. The van der Waals surface area contributed by atoms with Crippen molar-refractivity contribution >= 4 is 39.5 Å². The first-order valence-corrected chi connectivity index (χ1v) is 42.3. The molecule has 95 heavy (non-hydrogen) atoms. The maximum atomic E-state index is 13.1. The largest absolute Gasteiger partial charge is 0.472 e. The van der Waals surface area contributed by atoms with E-state index in [0.29, 0.717) is 31.6 Å². The van der Waals surface area contributed by atoms with Gasteiger partial charge in [0.2, 0.25) is 0 Å². The zero-order valence-corrected chi connectivity index (χ0v) is 63.9. The van der Waals surface area contributed by atoms with Gasteiger partial charge in [-0.3, -0.25) is 37.3 Å². The molecule has 0 rings (SSSR count). The fraction of sp³-hybridized carbons (Fsp3) is 0.947. The van der Waals surface area contributed by atoms with Crippen LogP contribution in [0, 0.1) is 17.8 Å². The maximum Gasteiger partial charge on any atom is 0.472 e. The number of unbranched alkanes of at least 4 members (excludes halogenated alkanes) is 42. The summed E-state index contributed by atoms with van der Waals surface area (Å²) in [6.07, 6.45) is 52.7. The van der Waals surface area contributed by atoms with Crippen molar-refractivity contribution in [3.63, 3.8) is 0 Å². The van der Waals surface area contributed by atoms with Crippen molar-refractivity contribution in [2.24, 2.45) is 17.8 Å². The number of carbonyl (C=O) groups is 4. The highest BCUT2D eigenvalue weighted by Gasteiger charge is 2.30. The molecule has 19 heteroatoms. The minimum atomic E-state index is -4.96. The minimum Gasteiger partial charge on any atom is -0.462 e. The Morgan fingerprint density at radius 2 is 0.484 bits per heavy atom. The van der Waals surface area contributed by atoms with E-state index in [2.05, 4.69) is 48.5 Å². The fourth-order valence-electron chi connectivity index (χ4n) is 11.6. The lowest BCUT2D eigenvalue weighted by Crippen LogP contribution is -2.30. The van der Waals surface area contributed by atoms with Crippen molar-refractivity contribution in [2.45, 2.75) is 407 Å². The number of ether oxygens (including phenoxy) is 4. The summed E-state index contributed by atoms with van der Waals surface area (Å²) in [5.74, 6) is 0.182. The second kappa shape index (κ2) is 66.6. The molecule has 0 aliphatic rings. The van der Waals surface area contributed by atoms with Crippen molar-refractivity contribution in [1.82, 2.24) is 0 Å². The quantitative estimate of drug-likeness (QED) is 0.0222. The third-order valence-electron chi connectivity index (χ3n) is 17.6. The van der Waals surface area contributed by atoms with Crippen LogP contribution in [0.5, 0.6) is 0 Å². The Balaban J connectivity index is 5.23. The monoisotopic (exact) mass is 1400 g/mol. The van der Waals surface area contributed by atoms with Crippen molar-refractivity contribution in [3.05, 3.63) is 0 Å². The fourth-order valence-corrected chi connectivity index (χ4v) is 13.2. The standard InChI is InChI=1S/C76H148O17P2/c1-8-9-10-11-12-13-22-30-37-45-52-59-75(80)93-72(64-87-74(79)58-51-44-39-32-35-42-49-56-69(6)7)66-91-95(84,85)89-62-70(77)61-88-94(82,83)90-65-71(92-76(81)60-53-46-38-31-26-21-17-15-19-24-28-34-41-48-55-68(4)5)63-86-73(78)57-50-43-36-29-25-20-16-14-18-23-27-33-40-47-54-67(2)3/h67-72,77H,8-66H2,1-7H3,(H,82,83)(H,84,85)/t70-,71-,72-/m1/s1. The van der Waals surface area contributed by atoms with Gasteiger partial charge >= 0.3 is 39.5 Å². The van der Waals surface area contributed by atoms with Gasteiger partial charge in [0.05, 0.1) is 26.4 Å². The van der Waals surface area contributed by atoms with Gasteiger partial charge < -0.3 is 33.8 Å². The molecule has 2 unspecified atom stereocenters. The van der Waals surface area contributed by atoms with Gasteiger partial charge in [0.1, 0.15) is 19.3 Å². The maximum absolute atomic E-state index is 13.1.